The zero-order valence-electron chi connectivity index (χ0n) is 29.5. The molecule has 0 aliphatic carbocycles. The molecular weight excluding hydrogens is 596 g/mol. The van der Waals surface area contributed by atoms with Crippen LogP contribution in [-0.4, -0.2) is 65.0 Å². The molecule has 2 unspecified atom stereocenters. The van der Waals surface area contributed by atoms with E-state index in [-0.39, 0.29) is 24.4 Å². The van der Waals surface area contributed by atoms with E-state index in [0.29, 0.717) is 6.42 Å². The number of anilines is 1. The maximum atomic E-state index is 5.06. The number of hydrogen-bond acceptors (Lipinski definition) is 7. The third-order valence-corrected chi connectivity index (χ3v) is 10.2. The lowest BCUT2D eigenvalue weighted by atomic mass is 9.99. The van der Waals surface area contributed by atoms with Crippen LogP contribution >= 0.6 is 0 Å². The lowest BCUT2D eigenvalue weighted by Crippen LogP contribution is -2.43. The Morgan fingerprint density at radius 3 is 2.33 bits per heavy atom. The number of fused-ring (bicyclic) bond motifs is 3. The molecule has 10 heteroatoms. The Hall–Kier alpha value is -4.60. The molecule has 0 spiro atoms. The van der Waals surface area contributed by atoms with Crippen LogP contribution in [0.2, 0.25) is 0 Å². The van der Waals surface area contributed by atoms with E-state index in [1.165, 1.54) is 16.9 Å². The van der Waals surface area contributed by atoms with Crippen LogP contribution in [0.4, 0.5) is 5.69 Å². The van der Waals surface area contributed by atoms with Crippen molar-refractivity contribution in [1.82, 2.24) is 39.6 Å². The van der Waals surface area contributed by atoms with E-state index in [4.69, 9.17) is 22.1 Å². The summed E-state index contributed by atoms with van der Waals surface area (Å²) in [5.41, 5.74) is 8.99. The second kappa shape index (κ2) is 13.1. The summed E-state index contributed by atoms with van der Waals surface area (Å²) in [7, 11) is 2.05. The van der Waals surface area contributed by atoms with Crippen LogP contribution in [0.25, 0.3) is 11.4 Å². The van der Waals surface area contributed by atoms with E-state index in [9.17, 15) is 0 Å². The molecule has 10 nitrogen and oxygen atoms in total. The molecule has 48 heavy (non-hydrogen) atoms. The maximum absolute atomic E-state index is 5.06. The highest BCUT2D eigenvalue weighted by atomic mass is 15.5. The first-order valence-electron chi connectivity index (χ1n) is 17.7. The average molecular weight is 648 g/mol. The fourth-order valence-electron chi connectivity index (χ4n) is 7.89. The molecule has 0 saturated carbocycles. The number of allylic oxidation sites excluding steroid dienone is 4. The van der Waals surface area contributed by atoms with Gasteiger partial charge in [-0.3, -0.25) is 0 Å². The van der Waals surface area contributed by atoms with Gasteiger partial charge in [0.05, 0.1) is 10.9 Å². The van der Waals surface area contributed by atoms with E-state index >= 15 is 0 Å². The summed E-state index contributed by atoms with van der Waals surface area (Å²) in [6.45, 7) is 17.6. The SMILES string of the molecule is C=C1Cc2c(nnn2C(C)C)-c2c(n(C(C)C)n[n+]2C)CCC2N3C=CN2c2ccccc2CC2N(C=CN2/C1=C/C=C\C)CCCC3. The summed E-state index contributed by atoms with van der Waals surface area (Å²) < 4.78 is 6.29. The van der Waals surface area contributed by atoms with Gasteiger partial charge in [-0.1, -0.05) is 42.1 Å². The molecular formula is C38H51N10+. The van der Waals surface area contributed by atoms with Crippen LogP contribution in [0.3, 0.4) is 0 Å². The van der Waals surface area contributed by atoms with Gasteiger partial charge in [0.2, 0.25) is 5.69 Å². The predicted molar refractivity (Wildman–Crippen MR) is 190 cm³/mol. The molecule has 0 saturated heterocycles. The van der Waals surface area contributed by atoms with E-state index < -0.39 is 0 Å². The van der Waals surface area contributed by atoms with Crippen LogP contribution in [0, 0.1) is 0 Å². The largest absolute Gasteiger partial charge is 0.356 e. The first-order valence-corrected chi connectivity index (χ1v) is 17.7. The van der Waals surface area contributed by atoms with Crippen LogP contribution in [0.15, 0.2) is 85.1 Å². The van der Waals surface area contributed by atoms with Crippen molar-refractivity contribution in [2.24, 2.45) is 7.05 Å². The average Bonchev–Trinajstić information content (AvgIpc) is 3.83. The number of benzene rings is 1. The number of aryl methyl sites for hydroxylation is 1. The second-order valence-electron chi connectivity index (χ2n) is 14.1. The van der Waals surface area contributed by atoms with Crippen molar-refractivity contribution in [3.8, 4) is 11.4 Å². The summed E-state index contributed by atoms with van der Waals surface area (Å²) >= 11 is 0. The van der Waals surface area contributed by atoms with Crippen molar-refractivity contribution in [3.05, 3.63) is 102 Å². The topological polar surface area (TPSA) is 65.4 Å². The number of rotatable bonds is 3. The van der Waals surface area contributed by atoms with Gasteiger partial charge >= 0.3 is 0 Å². The monoisotopic (exact) mass is 647 g/mol. The van der Waals surface area contributed by atoms with Crippen LogP contribution in [-0.2, 0) is 26.3 Å². The number of nitrogens with zero attached hydrogens (tertiary/aromatic N) is 10. The van der Waals surface area contributed by atoms with Gasteiger partial charge in [-0.25, -0.2) is 4.68 Å². The van der Waals surface area contributed by atoms with Crippen LogP contribution in [0.5, 0.6) is 0 Å². The first-order chi connectivity index (χ1) is 23.3. The molecule has 6 heterocycles. The van der Waals surface area contributed by atoms with Gasteiger partial charge in [0.1, 0.15) is 25.4 Å². The van der Waals surface area contributed by atoms with Gasteiger partial charge in [0.15, 0.2) is 11.4 Å². The highest BCUT2D eigenvalue weighted by molar-refractivity contribution is 5.60. The normalized spacial score (nSPS) is 22.2. The number of hydrogen-bond donors (Lipinski definition) is 0. The van der Waals surface area contributed by atoms with Crippen molar-refractivity contribution < 1.29 is 4.68 Å². The lowest BCUT2D eigenvalue weighted by Gasteiger charge is -2.38. The minimum absolute atomic E-state index is 0.133. The molecule has 0 fully saturated rings. The Kier molecular flexibility index (Phi) is 8.74. The highest BCUT2D eigenvalue weighted by Crippen LogP contribution is 2.37. The Labute approximate surface area is 285 Å². The number of para-hydroxylation sites is 1. The zero-order chi connectivity index (χ0) is 33.5. The number of aromatic nitrogens is 6. The van der Waals surface area contributed by atoms with Gasteiger partial charge in [0.25, 0.3) is 0 Å². The minimum atomic E-state index is 0.133. The summed E-state index contributed by atoms with van der Waals surface area (Å²) in [6.07, 6.45) is 21.5. The minimum Gasteiger partial charge on any atom is -0.356 e. The Morgan fingerprint density at radius 2 is 1.60 bits per heavy atom. The smallest absolute Gasteiger partial charge is 0.222 e. The second-order valence-corrected chi connectivity index (χ2v) is 14.1. The quantitative estimate of drug-likeness (QED) is 0.323. The van der Waals surface area contributed by atoms with E-state index in [1.54, 1.807) is 0 Å². The zero-order valence-corrected chi connectivity index (χ0v) is 29.5. The maximum Gasteiger partial charge on any atom is 0.222 e. The molecule has 4 aliphatic heterocycles. The van der Waals surface area contributed by atoms with Gasteiger partial charge in [0, 0.05) is 74.6 Å². The lowest BCUT2D eigenvalue weighted by molar-refractivity contribution is -0.722. The molecule has 3 aromatic rings. The Bertz CT molecular complexity index is 1790. The van der Waals surface area contributed by atoms with E-state index in [2.05, 4.69) is 131 Å². The molecule has 1 aromatic carbocycles. The standard InChI is InChI=1S/C38H51N10/c1-8-9-15-31-29(6)25-34-37(39-40-47(34)27(2)3)38-33(48(28(4)5)41-42(38)7)17-18-35-43-19-12-13-20-44-22-23-45(31)36(44)26-30-14-10-11-16-32(30)46(35)24-21-43/h8-11,14-16,21-24,27-28,35-36H,6,12-13,17-20,25-26H2,1-5,7H3/q+1/b9-8-,31-15+. The molecule has 252 valence electrons. The van der Waals surface area contributed by atoms with Crippen molar-refractivity contribution in [1.29, 1.82) is 0 Å². The summed E-state index contributed by atoms with van der Waals surface area (Å²) in [5, 5.41) is 14.7. The summed E-state index contributed by atoms with van der Waals surface area (Å²) in [4.78, 5) is 10.1. The van der Waals surface area contributed by atoms with Gasteiger partial charge in [-0.15, -0.1) is 14.5 Å². The molecule has 0 N–H and O–H groups in total. The van der Waals surface area contributed by atoms with Gasteiger partial charge in [-0.05, 0) is 77.2 Å². The molecule has 0 amide bonds. The van der Waals surface area contributed by atoms with Gasteiger partial charge < -0.3 is 19.6 Å². The molecule has 2 aromatic heterocycles. The molecule has 2 atom stereocenters. The Balaban J connectivity index is 1.46. The molecule has 4 bridgehead atoms. The molecule has 7 rings (SSSR count). The molecule has 0 radical (unpaired) electrons. The van der Waals surface area contributed by atoms with E-state index in [0.717, 1.165) is 73.5 Å². The molecule has 4 aliphatic rings. The fraction of sp³-hybridized carbons (Fsp3) is 0.474. The van der Waals surface area contributed by atoms with Crippen molar-refractivity contribution in [3.63, 3.8) is 0 Å². The fourth-order valence-corrected chi connectivity index (χ4v) is 7.89. The third-order valence-electron chi connectivity index (χ3n) is 10.2. The first kappa shape index (κ1) is 32.0. The van der Waals surface area contributed by atoms with Crippen molar-refractivity contribution in [2.45, 2.75) is 97.6 Å². The summed E-state index contributed by atoms with van der Waals surface area (Å²) in [6, 6.07) is 9.35. The van der Waals surface area contributed by atoms with Gasteiger partial charge in [-0.2, -0.15) is 0 Å². The van der Waals surface area contributed by atoms with E-state index in [1.807, 2.05) is 11.7 Å². The van der Waals surface area contributed by atoms with Crippen LogP contribution < -0.4 is 9.58 Å². The highest BCUT2D eigenvalue weighted by Gasteiger charge is 2.37. The van der Waals surface area contributed by atoms with Crippen LogP contribution in [0.1, 0.15) is 82.9 Å². The van der Waals surface area contributed by atoms with Crippen molar-refractivity contribution in [2.75, 3.05) is 18.0 Å². The third kappa shape index (κ3) is 5.65. The Morgan fingerprint density at radius 1 is 0.896 bits per heavy atom. The summed E-state index contributed by atoms with van der Waals surface area (Å²) in [5.74, 6) is 0. The predicted octanol–water partition coefficient (Wildman–Crippen LogP) is 6.00. The van der Waals surface area contributed by atoms with Crippen molar-refractivity contribution >= 4 is 5.69 Å².